The highest BCUT2D eigenvalue weighted by atomic mass is 19.1. The van der Waals surface area contributed by atoms with E-state index >= 15 is 0 Å². The van der Waals surface area contributed by atoms with Gasteiger partial charge in [-0.3, -0.25) is 9.78 Å². The lowest BCUT2D eigenvalue weighted by Gasteiger charge is -2.09. The minimum absolute atomic E-state index is 0.131. The van der Waals surface area contributed by atoms with E-state index in [1.54, 1.807) is 42.7 Å². The van der Waals surface area contributed by atoms with E-state index in [1.807, 2.05) is 18.2 Å². The van der Waals surface area contributed by atoms with Crippen LogP contribution in [-0.2, 0) is 6.42 Å². The third kappa shape index (κ3) is 4.25. The number of nitrogens with zero attached hydrogens (tertiary/aromatic N) is 4. The number of carbonyl (C=O) groups is 1. The monoisotopic (exact) mass is 401 g/mol. The number of aromatic nitrogens is 4. The standard InChI is InChI=1S/C23H20FN5O/c24-19-12-4-5-13-20(19)29-22(18-11-7-14-25-16-18)21(27-28-29)23(30)26-15-6-10-17-8-2-1-3-9-17/h1-5,7-9,11-14,16H,6,10,15H2,(H,26,30). The summed E-state index contributed by atoms with van der Waals surface area (Å²) in [5, 5.41) is 11.0. The molecule has 0 fully saturated rings. The highest BCUT2D eigenvalue weighted by molar-refractivity contribution is 5.98. The number of benzene rings is 2. The van der Waals surface area contributed by atoms with E-state index in [1.165, 1.54) is 16.3 Å². The normalized spacial score (nSPS) is 10.7. The molecule has 1 N–H and O–H groups in total. The Morgan fingerprint density at radius 1 is 1.00 bits per heavy atom. The molecule has 0 atom stereocenters. The van der Waals surface area contributed by atoms with Crippen molar-refractivity contribution in [3.8, 4) is 16.9 Å². The molecule has 7 heteroatoms. The van der Waals surface area contributed by atoms with Crippen molar-refractivity contribution in [2.75, 3.05) is 6.54 Å². The molecule has 0 spiro atoms. The van der Waals surface area contributed by atoms with Gasteiger partial charge in [0, 0.05) is 24.5 Å². The fourth-order valence-electron chi connectivity index (χ4n) is 3.21. The van der Waals surface area contributed by atoms with E-state index in [9.17, 15) is 9.18 Å². The molecule has 30 heavy (non-hydrogen) atoms. The Morgan fingerprint density at radius 3 is 2.57 bits per heavy atom. The largest absolute Gasteiger partial charge is 0.351 e. The van der Waals surface area contributed by atoms with Crippen LogP contribution in [0.15, 0.2) is 79.1 Å². The van der Waals surface area contributed by atoms with E-state index in [-0.39, 0.29) is 17.3 Å². The molecular formula is C23H20FN5O. The molecule has 4 rings (SSSR count). The average Bonchev–Trinajstić information content (AvgIpc) is 3.23. The molecule has 150 valence electrons. The number of nitrogens with one attached hydrogen (secondary N) is 1. The first-order valence-electron chi connectivity index (χ1n) is 9.67. The number of halogens is 1. The maximum atomic E-state index is 14.4. The van der Waals surface area contributed by atoms with Crippen molar-refractivity contribution in [3.05, 3.63) is 96.2 Å². The van der Waals surface area contributed by atoms with Crippen molar-refractivity contribution in [1.82, 2.24) is 25.3 Å². The summed E-state index contributed by atoms with van der Waals surface area (Å²) in [6.45, 7) is 0.493. The van der Waals surface area contributed by atoms with Crippen molar-refractivity contribution in [2.24, 2.45) is 0 Å². The number of hydrogen-bond donors (Lipinski definition) is 1. The number of amides is 1. The van der Waals surface area contributed by atoms with Gasteiger partial charge in [0.1, 0.15) is 17.2 Å². The average molecular weight is 401 g/mol. The van der Waals surface area contributed by atoms with Gasteiger partial charge in [0.15, 0.2) is 5.69 Å². The Balaban J connectivity index is 1.57. The predicted molar refractivity (Wildman–Crippen MR) is 112 cm³/mol. The Hall–Kier alpha value is -3.87. The zero-order valence-corrected chi connectivity index (χ0v) is 16.2. The van der Waals surface area contributed by atoms with Crippen LogP contribution < -0.4 is 5.32 Å². The van der Waals surface area contributed by atoms with Crippen molar-refractivity contribution >= 4 is 5.91 Å². The molecule has 0 aliphatic heterocycles. The summed E-state index contributed by atoms with van der Waals surface area (Å²) in [5.41, 5.74) is 2.58. The highest BCUT2D eigenvalue weighted by Crippen LogP contribution is 2.25. The van der Waals surface area contributed by atoms with Crippen molar-refractivity contribution < 1.29 is 9.18 Å². The zero-order chi connectivity index (χ0) is 20.8. The van der Waals surface area contributed by atoms with Crippen molar-refractivity contribution in [1.29, 1.82) is 0 Å². The second kappa shape index (κ2) is 9.09. The smallest absolute Gasteiger partial charge is 0.274 e. The summed E-state index contributed by atoms with van der Waals surface area (Å²) in [5.74, 6) is -0.813. The van der Waals surface area contributed by atoms with Crippen molar-refractivity contribution in [3.63, 3.8) is 0 Å². The summed E-state index contributed by atoms with van der Waals surface area (Å²) in [6.07, 6.45) is 4.88. The molecule has 2 aromatic heterocycles. The summed E-state index contributed by atoms with van der Waals surface area (Å²) in [4.78, 5) is 17.0. The van der Waals surface area contributed by atoms with Gasteiger partial charge in [-0.2, -0.15) is 0 Å². The van der Waals surface area contributed by atoms with Gasteiger partial charge in [0.05, 0.1) is 0 Å². The molecule has 0 unspecified atom stereocenters. The zero-order valence-electron chi connectivity index (χ0n) is 16.2. The molecule has 1 amide bonds. The van der Waals surface area contributed by atoms with Gasteiger partial charge in [-0.15, -0.1) is 5.10 Å². The molecule has 0 aliphatic rings. The third-order valence-corrected chi connectivity index (χ3v) is 4.67. The molecule has 2 heterocycles. The quantitative estimate of drug-likeness (QED) is 0.478. The van der Waals surface area contributed by atoms with Gasteiger partial charge in [-0.1, -0.05) is 47.7 Å². The van der Waals surface area contributed by atoms with Gasteiger partial charge >= 0.3 is 0 Å². The summed E-state index contributed by atoms with van der Waals surface area (Å²) >= 11 is 0. The van der Waals surface area contributed by atoms with Crippen LogP contribution in [0.1, 0.15) is 22.5 Å². The minimum atomic E-state index is -0.456. The number of para-hydroxylation sites is 1. The summed E-state index contributed by atoms with van der Waals surface area (Å²) in [6, 6.07) is 19.8. The predicted octanol–water partition coefficient (Wildman–Crippen LogP) is 3.83. The maximum Gasteiger partial charge on any atom is 0.274 e. The number of rotatable bonds is 7. The molecule has 0 saturated carbocycles. The fraction of sp³-hybridized carbons (Fsp3) is 0.130. The first kappa shape index (κ1) is 19.4. The van der Waals surface area contributed by atoms with Crippen LogP contribution in [0.25, 0.3) is 16.9 Å². The molecule has 0 saturated heterocycles. The number of carbonyl (C=O) groups excluding carboxylic acids is 1. The second-order valence-corrected chi connectivity index (χ2v) is 6.74. The van der Waals surface area contributed by atoms with Crippen LogP contribution in [0.4, 0.5) is 4.39 Å². The lowest BCUT2D eigenvalue weighted by molar-refractivity contribution is 0.0949. The molecular weight excluding hydrogens is 381 g/mol. The molecule has 2 aromatic carbocycles. The highest BCUT2D eigenvalue weighted by Gasteiger charge is 2.23. The van der Waals surface area contributed by atoms with E-state index in [4.69, 9.17) is 0 Å². The van der Waals surface area contributed by atoms with Gasteiger partial charge in [0.2, 0.25) is 0 Å². The Morgan fingerprint density at radius 2 is 1.80 bits per heavy atom. The molecule has 0 bridgehead atoms. The van der Waals surface area contributed by atoms with Crippen LogP contribution in [-0.4, -0.2) is 32.4 Å². The maximum absolute atomic E-state index is 14.4. The van der Waals surface area contributed by atoms with Crippen LogP contribution in [0.3, 0.4) is 0 Å². The van der Waals surface area contributed by atoms with Gasteiger partial charge in [-0.05, 0) is 42.7 Å². The van der Waals surface area contributed by atoms with E-state index in [0.29, 0.717) is 17.8 Å². The first-order chi connectivity index (χ1) is 14.7. The second-order valence-electron chi connectivity index (χ2n) is 6.74. The SMILES string of the molecule is O=C(NCCCc1ccccc1)c1nnn(-c2ccccc2F)c1-c1cccnc1. The Bertz CT molecular complexity index is 1130. The van der Waals surface area contributed by atoms with E-state index in [2.05, 4.69) is 32.7 Å². The van der Waals surface area contributed by atoms with Crippen LogP contribution >= 0.6 is 0 Å². The lowest BCUT2D eigenvalue weighted by atomic mass is 10.1. The van der Waals surface area contributed by atoms with Crippen molar-refractivity contribution in [2.45, 2.75) is 12.8 Å². The van der Waals surface area contributed by atoms with Gasteiger partial charge < -0.3 is 5.32 Å². The van der Waals surface area contributed by atoms with Crippen LogP contribution in [0.5, 0.6) is 0 Å². The number of pyridine rings is 1. The van der Waals surface area contributed by atoms with Gasteiger partial charge in [-0.25, -0.2) is 9.07 Å². The minimum Gasteiger partial charge on any atom is -0.351 e. The third-order valence-electron chi connectivity index (χ3n) is 4.67. The van der Waals surface area contributed by atoms with E-state index < -0.39 is 5.82 Å². The fourth-order valence-corrected chi connectivity index (χ4v) is 3.21. The molecule has 6 nitrogen and oxygen atoms in total. The molecule has 0 aliphatic carbocycles. The topological polar surface area (TPSA) is 72.7 Å². The van der Waals surface area contributed by atoms with Gasteiger partial charge in [0.25, 0.3) is 5.91 Å². The van der Waals surface area contributed by atoms with Crippen LogP contribution in [0, 0.1) is 5.82 Å². The Kier molecular flexibility index (Phi) is 5.89. The lowest BCUT2D eigenvalue weighted by Crippen LogP contribution is -2.26. The van der Waals surface area contributed by atoms with Crippen LogP contribution in [0.2, 0.25) is 0 Å². The number of hydrogen-bond acceptors (Lipinski definition) is 4. The van der Waals surface area contributed by atoms with E-state index in [0.717, 1.165) is 12.8 Å². The molecule has 4 aromatic rings. The number of aryl methyl sites for hydroxylation is 1. The molecule has 0 radical (unpaired) electrons. The summed E-state index contributed by atoms with van der Waals surface area (Å²) < 4.78 is 15.7. The Labute approximate surface area is 173 Å². The summed E-state index contributed by atoms with van der Waals surface area (Å²) in [7, 11) is 0. The first-order valence-corrected chi connectivity index (χ1v) is 9.67.